The summed E-state index contributed by atoms with van der Waals surface area (Å²) in [5, 5.41) is 3.88. The lowest BCUT2D eigenvalue weighted by Crippen LogP contribution is -2.28. The Morgan fingerprint density at radius 2 is 2.07 bits per heavy atom. The Bertz CT molecular complexity index is 520. The average Bonchev–Trinajstić information content (AvgIpc) is 2.19. The van der Waals surface area contributed by atoms with Crippen molar-refractivity contribution in [3.63, 3.8) is 0 Å². The van der Waals surface area contributed by atoms with Crippen molar-refractivity contribution in [3.05, 3.63) is 36.5 Å². The third-order valence-corrected chi connectivity index (χ3v) is 2.35. The number of carbonyl (C=O) groups excluding carboxylic acids is 1. The minimum atomic E-state index is -0.0472. The lowest BCUT2D eigenvalue weighted by atomic mass is 10.2. The average molecular weight is 201 g/mol. The molecule has 0 spiro atoms. The van der Waals surface area contributed by atoms with Crippen LogP contribution in [0.5, 0.6) is 0 Å². The van der Waals surface area contributed by atoms with E-state index in [1.807, 2.05) is 48.1 Å². The Balaban J connectivity index is 2.65. The maximum absolute atomic E-state index is 11.0. The molecule has 1 aromatic carbocycles. The summed E-state index contributed by atoms with van der Waals surface area (Å²) >= 11 is 0. The van der Waals surface area contributed by atoms with Gasteiger partial charge in [0.15, 0.2) is 6.20 Å². The second-order valence-electron chi connectivity index (χ2n) is 3.54. The van der Waals surface area contributed by atoms with Crippen molar-refractivity contribution >= 4 is 22.5 Å². The van der Waals surface area contributed by atoms with E-state index in [2.05, 4.69) is 5.32 Å². The SMILES string of the molecule is CC(=O)Nc1cccc2c1ccc[n+]2C. The van der Waals surface area contributed by atoms with Gasteiger partial charge in [-0.2, -0.15) is 0 Å². The first kappa shape index (κ1) is 9.65. The number of hydrogen-bond donors (Lipinski definition) is 1. The molecule has 1 N–H and O–H groups in total. The molecule has 2 aromatic rings. The number of pyridine rings is 1. The van der Waals surface area contributed by atoms with Crippen LogP contribution in [0.3, 0.4) is 0 Å². The molecule has 1 aromatic heterocycles. The van der Waals surface area contributed by atoms with Crippen molar-refractivity contribution in [2.75, 3.05) is 5.32 Å². The van der Waals surface area contributed by atoms with Gasteiger partial charge >= 0.3 is 0 Å². The van der Waals surface area contributed by atoms with Crippen LogP contribution in [-0.4, -0.2) is 5.91 Å². The number of nitrogens with one attached hydrogen (secondary N) is 1. The molecule has 0 fully saturated rings. The number of rotatable bonds is 1. The number of aromatic nitrogens is 1. The number of benzene rings is 1. The van der Waals surface area contributed by atoms with Crippen molar-refractivity contribution in [2.24, 2.45) is 7.05 Å². The van der Waals surface area contributed by atoms with Gasteiger partial charge < -0.3 is 5.32 Å². The first-order chi connectivity index (χ1) is 7.18. The summed E-state index contributed by atoms with van der Waals surface area (Å²) in [7, 11) is 1.99. The van der Waals surface area contributed by atoms with Gasteiger partial charge in [-0.15, -0.1) is 0 Å². The maximum atomic E-state index is 11.0. The third kappa shape index (κ3) is 1.81. The molecule has 0 atom stereocenters. The van der Waals surface area contributed by atoms with E-state index in [9.17, 15) is 4.79 Å². The van der Waals surface area contributed by atoms with Gasteiger partial charge in [0.05, 0.1) is 11.1 Å². The van der Waals surface area contributed by atoms with Crippen LogP contribution in [0, 0.1) is 0 Å². The zero-order valence-corrected chi connectivity index (χ0v) is 8.82. The van der Waals surface area contributed by atoms with Gasteiger partial charge in [-0.1, -0.05) is 6.07 Å². The summed E-state index contributed by atoms with van der Waals surface area (Å²) < 4.78 is 2.03. The molecular formula is C12H13N2O+. The minimum absolute atomic E-state index is 0.0472. The number of amides is 1. The number of hydrogen-bond acceptors (Lipinski definition) is 1. The number of anilines is 1. The molecule has 76 valence electrons. The zero-order valence-electron chi connectivity index (χ0n) is 8.82. The van der Waals surface area contributed by atoms with Crippen molar-refractivity contribution in [2.45, 2.75) is 6.92 Å². The van der Waals surface area contributed by atoms with Gasteiger partial charge in [-0.25, -0.2) is 4.57 Å². The largest absolute Gasteiger partial charge is 0.326 e. The molecule has 0 aliphatic rings. The molecule has 0 radical (unpaired) electrons. The van der Waals surface area contributed by atoms with E-state index >= 15 is 0 Å². The molecule has 1 heterocycles. The summed E-state index contributed by atoms with van der Waals surface area (Å²) in [6, 6.07) is 9.84. The number of fused-ring (bicyclic) bond motifs is 1. The molecule has 3 heteroatoms. The fraction of sp³-hybridized carbons (Fsp3) is 0.167. The predicted molar refractivity (Wildman–Crippen MR) is 59.4 cm³/mol. The molecule has 0 saturated carbocycles. The van der Waals surface area contributed by atoms with Crippen LogP contribution < -0.4 is 9.88 Å². The normalized spacial score (nSPS) is 10.3. The molecule has 0 aliphatic carbocycles. The molecular weight excluding hydrogens is 188 g/mol. The summed E-state index contributed by atoms with van der Waals surface area (Å²) in [4.78, 5) is 11.0. The van der Waals surface area contributed by atoms with Gasteiger partial charge in [-0.05, 0) is 12.1 Å². The molecule has 0 saturated heterocycles. The van der Waals surface area contributed by atoms with Crippen molar-refractivity contribution in [1.82, 2.24) is 0 Å². The Hall–Kier alpha value is -1.90. The molecule has 0 aliphatic heterocycles. The number of carbonyl (C=O) groups is 1. The van der Waals surface area contributed by atoms with Crippen molar-refractivity contribution in [1.29, 1.82) is 0 Å². The second-order valence-corrected chi connectivity index (χ2v) is 3.54. The molecule has 3 nitrogen and oxygen atoms in total. The summed E-state index contributed by atoms with van der Waals surface area (Å²) in [5.74, 6) is -0.0472. The Morgan fingerprint density at radius 1 is 1.27 bits per heavy atom. The van der Waals surface area contributed by atoms with Crippen molar-refractivity contribution in [3.8, 4) is 0 Å². The number of nitrogens with zero attached hydrogens (tertiary/aromatic N) is 1. The third-order valence-electron chi connectivity index (χ3n) is 2.35. The first-order valence-corrected chi connectivity index (χ1v) is 4.83. The Morgan fingerprint density at radius 3 is 2.80 bits per heavy atom. The highest BCUT2D eigenvalue weighted by Crippen LogP contribution is 2.19. The Labute approximate surface area is 88.3 Å². The van der Waals surface area contributed by atoms with Crippen LogP contribution >= 0.6 is 0 Å². The summed E-state index contributed by atoms with van der Waals surface area (Å²) in [5.41, 5.74) is 1.96. The quantitative estimate of drug-likeness (QED) is 0.699. The fourth-order valence-electron chi connectivity index (χ4n) is 1.68. The monoisotopic (exact) mass is 201 g/mol. The van der Waals surface area contributed by atoms with E-state index < -0.39 is 0 Å². The van der Waals surface area contributed by atoms with Gasteiger partial charge in [0.2, 0.25) is 11.4 Å². The lowest BCUT2D eigenvalue weighted by molar-refractivity contribution is -0.644. The van der Waals surface area contributed by atoms with Crippen LogP contribution in [-0.2, 0) is 11.8 Å². The first-order valence-electron chi connectivity index (χ1n) is 4.83. The predicted octanol–water partition coefficient (Wildman–Crippen LogP) is 1.62. The Kier molecular flexibility index (Phi) is 2.37. The van der Waals surface area contributed by atoms with Crippen LogP contribution in [0.1, 0.15) is 6.92 Å². The molecule has 0 bridgehead atoms. The zero-order chi connectivity index (χ0) is 10.8. The van der Waals surface area contributed by atoms with E-state index in [0.717, 1.165) is 16.6 Å². The summed E-state index contributed by atoms with van der Waals surface area (Å²) in [6.45, 7) is 1.52. The van der Waals surface area contributed by atoms with Gasteiger partial charge in [0, 0.05) is 19.1 Å². The standard InChI is InChI=1S/C12H12N2O/c1-9(15)13-11-6-3-7-12-10(11)5-4-8-14(12)2/h3-8H,1-2H3/p+1. The maximum Gasteiger partial charge on any atom is 0.221 e. The highest BCUT2D eigenvalue weighted by molar-refractivity contribution is 5.99. The smallest absolute Gasteiger partial charge is 0.221 e. The fourth-order valence-corrected chi connectivity index (χ4v) is 1.68. The van der Waals surface area contributed by atoms with Gasteiger partial charge in [0.25, 0.3) is 0 Å². The van der Waals surface area contributed by atoms with E-state index in [0.29, 0.717) is 0 Å². The minimum Gasteiger partial charge on any atom is -0.326 e. The second kappa shape index (κ2) is 3.69. The topological polar surface area (TPSA) is 33.0 Å². The molecule has 0 unspecified atom stereocenters. The highest BCUT2D eigenvalue weighted by atomic mass is 16.1. The molecule has 2 rings (SSSR count). The summed E-state index contributed by atoms with van der Waals surface area (Å²) in [6.07, 6.45) is 1.99. The highest BCUT2D eigenvalue weighted by Gasteiger charge is 2.07. The molecule has 15 heavy (non-hydrogen) atoms. The van der Waals surface area contributed by atoms with Gasteiger partial charge in [0.1, 0.15) is 7.05 Å². The van der Waals surface area contributed by atoms with Crippen LogP contribution in [0.2, 0.25) is 0 Å². The van der Waals surface area contributed by atoms with E-state index in [4.69, 9.17) is 0 Å². The lowest BCUT2D eigenvalue weighted by Gasteiger charge is -2.04. The molecule has 1 amide bonds. The van der Waals surface area contributed by atoms with Crippen LogP contribution in [0.4, 0.5) is 5.69 Å². The van der Waals surface area contributed by atoms with E-state index in [1.165, 1.54) is 6.92 Å². The van der Waals surface area contributed by atoms with E-state index in [1.54, 1.807) is 0 Å². The van der Waals surface area contributed by atoms with Crippen LogP contribution in [0.15, 0.2) is 36.5 Å². The van der Waals surface area contributed by atoms with Gasteiger partial charge in [-0.3, -0.25) is 4.79 Å². The van der Waals surface area contributed by atoms with Crippen LogP contribution in [0.25, 0.3) is 10.9 Å². The van der Waals surface area contributed by atoms with E-state index in [-0.39, 0.29) is 5.91 Å². The number of aryl methyl sites for hydroxylation is 1. The van der Waals surface area contributed by atoms with Crippen molar-refractivity contribution < 1.29 is 9.36 Å².